The van der Waals surface area contributed by atoms with Gasteiger partial charge in [-0.05, 0) is 19.9 Å². The number of halogens is 1. The molecule has 1 rings (SSSR count). The molecular weight excluding hydrogens is 333 g/mol. The second-order valence-electron chi connectivity index (χ2n) is 2.50. The molecule has 14 heavy (non-hydrogen) atoms. The lowest BCUT2D eigenvalue weighted by Gasteiger charge is -2.02. The number of carbonyl (C=O) groups excluding carboxylic acids is 1. The monoisotopic (exact) mass is 343 g/mol. The molecule has 0 radical (unpaired) electrons. The maximum atomic E-state index is 11.5. The first-order chi connectivity index (χ1) is 6.69. The second-order valence-corrected chi connectivity index (χ2v) is 5.44. The number of hydrogen-bond donors (Lipinski definition) is 1. The number of rotatable bonds is 4. The molecule has 0 amide bonds. The van der Waals surface area contributed by atoms with Crippen molar-refractivity contribution >= 4 is 52.6 Å². The minimum absolute atomic E-state index is 0.259. The predicted molar refractivity (Wildman–Crippen MR) is 70.2 cm³/mol. The summed E-state index contributed by atoms with van der Waals surface area (Å²) in [4.78, 5) is 12.6. The molecule has 0 saturated heterocycles. The van der Waals surface area contributed by atoms with Crippen LogP contribution in [-0.4, -0.2) is 12.6 Å². The highest BCUT2D eigenvalue weighted by molar-refractivity contribution is 14.2. The summed E-state index contributed by atoms with van der Waals surface area (Å²) in [5.41, 5.74) is 0.624. The van der Waals surface area contributed by atoms with Gasteiger partial charge >= 0.3 is 5.97 Å². The molecule has 1 N–H and O–H groups in total. The van der Waals surface area contributed by atoms with Crippen molar-refractivity contribution in [3.63, 3.8) is 0 Å². The smallest absolute Gasteiger partial charge is 0.341 e. The second kappa shape index (κ2) is 5.82. The summed E-state index contributed by atoms with van der Waals surface area (Å²) in [7, 11) is 1.44. The number of carbonyl (C=O) groups is 1. The van der Waals surface area contributed by atoms with Crippen LogP contribution >= 0.6 is 41.7 Å². The molecule has 0 unspecified atom stereocenters. The Morgan fingerprint density at radius 3 is 3.07 bits per heavy atom. The van der Waals surface area contributed by atoms with E-state index in [-0.39, 0.29) is 5.97 Å². The minimum atomic E-state index is -0.259. The van der Waals surface area contributed by atoms with Crippen molar-refractivity contribution in [3.05, 3.63) is 16.5 Å². The summed E-state index contributed by atoms with van der Waals surface area (Å²) >= 11 is 3.68. The van der Waals surface area contributed by atoms with Crippen LogP contribution in [-0.2, 0) is 4.74 Å². The number of hydrogen-bond acceptors (Lipinski definition) is 5. The van der Waals surface area contributed by atoms with Crippen LogP contribution in [0.25, 0.3) is 0 Å². The average molecular weight is 343 g/mol. The Morgan fingerprint density at radius 2 is 2.50 bits per heavy atom. The Morgan fingerprint density at radius 1 is 1.79 bits per heavy atom. The molecule has 0 aliphatic heterocycles. The molecule has 1 heterocycles. The molecule has 0 saturated carbocycles. The lowest BCUT2D eigenvalue weighted by molar-refractivity contribution is 0.0528. The number of ether oxygens (including phenoxy) is 1. The summed E-state index contributed by atoms with van der Waals surface area (Å²) in [6.07, 6.45) is 0. The zero-order valence-electron chi connectivity index (χ0n) is 7.80. The van der Waals surface area contributed by atoms with Gasteiger partial charge in [-0.25, -0.2) is 4.79 Å². The van der Waals surface area contributed by atoms with Crippen molar-refractivity contribution in [1.29, 1.82) is 0 Å². The van der Waals surface area contributed by atoms with E-state index in [0.717, 1.165) is 9.88 Å². The summed E-state index contributed by atoms with van der Waals surface area (Å²) < 4.78 is 8.00. The van der Waals surface area contributed by atoms with Gasteiger partial charge in [0, 0.05) is 35.2 Å². The number of anilines is 1. The number of nitrogens with one attached hydrogen (secondary N) is 1. The third-order valence-corrected chi connectivity index (χ3v) is 3.52. The molecule has 78 valence electrons. The lowest BCUT2D eigenvalue weighted by atomic mass is 10.3. The summed E-state index contributed by atoms with van der Waals surface area (Å²) in [6.45, 7) is 4.18. The molecule has 0 aliphatic carbocycles. The van der Waals surface area contributed by atoms with Crippen LogP contribution in [0.2, 0.25) is 0 Å². The first-order valence-electron chi connectivity index (χ1n) is 4.00. The molecule has 0 atom stereocenters. The SMILES string of the molecule is CCOC(=O)c1cc(C)sc1NSI. The molecule has 1 aromatic heterocycles. The normalized spacial score (nSPS) is 9.93. The van der Waals surface area contributed by atoms with Gasteiger partial charge in [-0.2, -0.15) is 0 Å². The highest BCUT2D eigenvalue weighted by Crippen LogP contribution is 2.31. The largest absolute Gasteiger partial charge is 0.462 e. The zero-order valence-corrected chi connectivity index (χ0v) is 11.6. The quantitative estimate of drug-likeness (QED) is 0.515. The Hall–Kier alpha value is 0.0500. The van der Waals surface area contributed by atoms with E-state index >= 15 is 0 Å². The standard InChI is InChI=1S/C8H10INO2S2/c1-3-12-8(11)6-4-5(2)13-7(6)10-14-9/h4,10H,3H2,1-2H3. The topological polar surface area (TPSA) is 38.3 Å². The van der Waals surface area contributed by atoms with Crippen molar-refractivity contribution in [2.75, 3.05) is 11.3 Å². The van der Waals surface area contributed by atoms with Gasteiger partial charge in [0.1, 0.15) is 5.00 Å². The molecule has 1 aromatic rings. The van der Waals surface area contributed by atoms with Crippen molar-refractivity contribution < 1.29 is 9.53 Å². The number of thiophene rings is 1. The summed E-state index contributed by atoms with van der Waals surface area (Å²) in [6, 6.07) is 1.85. The van der Waals surface area contributed by atoms with Crippen LogP contribution < -0.4 is 4.72 Å². The Bertz CT molecular complexity index is 327. The maximum Gasteiger partial charge on any atom is 0.341 e. The van der Waals surface area contributed by atoms with Gasteiger partial charge in [0.2, 0.25) is 0 Å². The fourth-order valence-corrected chi connectivity index (χ4v) is 3.32. The molecular formula is C8H10INO2S2. The highest BCUT2D eigenvalue weighted by Gasteiger charge is 2.15. The van der Waals surface area contributed by atoms with Gasteiger partial charge in [0.25, 0.3) is 0 Å². The fraction of sp³-hybridized carbons (Fsp3) is 0.375. The Kier molecular flexibility index (Phi) is 5.04. The molecule has 0 aromatic carbocycles. The van der Waals surface area contributed by atoms with Crippen LogP contribution in [0.15, 0.2) is 6.07 Å². The number of esters is 1. The Labute approximate surface area is 103 Å². The summed E-state index contributed by atoms with van der Waals surface area (Å²) in [5.74, 6) is -0.259. The molecule has 0 bridgehead atoms. The van der Waals surface area contributed by atoms with E-state index in [1.807, 2.05) is 13.0 Å². The first-order valence-corrected chi connectivity index (χ1v) is 8.17. The number of aryl methyl sites for hydroxylation is 1. The van der Waals surface area contributed by atoms with Crippen LogP contribution in [0, 0.1) is 6.92 Å². The van der Waals surface area contributed by atoms with Gasteiger partial charge in [0.15, 0.2) is 0 Å². The highest BCUT2D eigenvalue weighted by atomic mass is 127. The van der Waals surface area contributed by atoms with E-state index in [9.17, 15) is 4.79 Å². The molecule has 0 fully saturated rings. The van der Waals surface area contributed by atoms with Crippen LogP contribution in [0.1, 0.15) is 22.2 Å². The van der Waals surface area contributed by atoms with Gasteiger partial charge in [0.05, 0.1) is 12.2 Å². The predicted octanol–water partition coefficient (Wildman–Crippen LogP) is 3.64. The van der Waals surface area contributed by atoms with E-state index in [2.05, 4.69) is 25.9 Å². The van der Waals surface area contributed by atoms with Crippen LogP contribution in [0.3, 0.4) is 0 Å². The van der Waals surface area contributed by atoms with Crippen LogP contribution in [0.5, 0.6) is 0 Å². The summed E-state index contributed by atoms with van der Waals surface area (Å²) in [5, 5.41) is 0.861. The average Bonchev–Trinajstić information content (AvgIpc) is 2.48. The molecule has 0 aliphatic rings. The van der Waals surface area contributed by atoms with Crippen molar-refractivity contribution in [2.45, 2.75) is 13.8 Å². The van der Waals surface area contributed by atoms with Gasteiger partial charge < -0.3 is 9.46 Å². The first kappa shape index (κ1) is 12.1. The van der Waals surface area contributed by atoms with E-state index in [4.69, 9.17) is 4.74 Å². The maximum absolute atomic E-state index is 11.5. The van der Waals surface area contributed by atoms with E-state index in [0.29, 0.717) is 12.2 Å². The van der Waals surface area contributed by atoms with Gasteiger partial charge in [-0.1, -0.05) is 0 Å². The van der Waals surface area contributed by atoms with Crippen molar-refractivity contribution in [3.8, 4) is 0 Å². The molecule has 6 heteroatoms. The minimum Gasteiger partial charge on any atom is -0.462 e. The van der Waals surface area contributed by atoms with Crippen LogP contribution in [0.4, 0.5) is 5.00 Å². The van der Waals surface area contributed by atoms with E-state index in [1.54, 1.807) is 18.3 Å². The Balaban J connectivity index is 2.88. The molecule has 3 nitrogen and oxygen atoms in total. The van der Waals surface area contributed by atoms with Crippen molar-refractivity contribution in [2.24, 2.45) is 0 Å². The van der Waals surface area contributed by atoms with Crippen molar-refractivity contribution in [1.82, 2.24) is 0 Å². The van der Waals surface area contributed by atoms with Gasteiger partial charge in [-0.3, -0.25) is 0 Å². The fourth-order valence-electron chi connectivity index (χ4n) is 0.986. The zero-order chi connectivity index (χ0) is 10.6. The third kappa shape index (κ3) is 3.03. The third-order valence-electron chi connectivity index (χ3n) is 1.48. The molecule has 0 spiro atoms. The van der Waals surface area contributed by atoms with E-state index in [1.165, 1.54) is 9.12 Å². The lowest BCUT2D eigenvalue weighted by Crippen LogP contribution is -2.04. The van der Waals surface area contributed by atoms with Gasteiger partial charge in [-0.15, -0.1) is 11.3 Å². The van der Waals surface area contributed by atoms with E-state index < -0.39 is 0 Å².